The predicted molar refractivity (Wildman–Crippen MR) is 93.7 cm³/mol. The number of benzene rings is 2. The van der Waals surface area contributed by atoms with Crippen LogP contribution in [0.5, 0.6) is 0 Å². The van der Waals surface area contributed by atoms with Crippen molar-refractivity contribution in [3.05, 3.63) is 81.1 Å². The number of nitro groups is 1. The van der Waals surface area contributed by atoms with E-state index in [9.17, 15) is 10.1 Å². The Morgan fingerprint density at radius 1 is 1.21 bits per heavy atom. The summed E-state index contributed by atoms with van der Waals surface area (Å²) in [6.07, 6.45) is 1.57. The van der Waals surface area contributed by atoms with E-state index in [0.29, 0.717) is 16.4 Å². The van der Waals surface area contributed by atoms with Crippen molar-refractivity contribution in [3.63, 3.8) is 0 Å². The van der Waals surface area contributed by atoms with Crippen LogP contribution in [0.4, 0.5) is 11.4 Å². The van der Waals surface area contributed by atoms with Gasteiger partial charge in [0.15, 0.2) is 0 Å². The standard InChI is InChI=1S/C17H13ClN4O2/c1-12-16(11-19-13-6-5-9-15(10-13)22(23)24)17(18)21(20-12)14-7-3-2-4-8-14/h2-11H,1H3. The number of hydrogen-bond donors (Lipinski definition) is 0. The van der Waals surface area contributed by atoms with Crippen LogP contribution in [0.15, 0.2) is 59.6 Å². The first kappa shape index (κ1) is 15.9. The second-order valence-corrected chi connectivity index (χ2v) is 5.43. The smallest absolute Gasteiger partial charge is 0.258 e. The lowest BCUT2D eigenvalue weighted by molar-refractivity contribution is -0.384. The van der Waals surface area contributed by atoms with Crippen molar-refractivity contribution in [2.24, 2.45) is 4.99 Å². The summed E-state index contributed by atoms with van der Waals surface area (Å²) in [5, 5.41) is 15.7. The SMILES string of the molecule is Cc1nn(-c2ccccc2)c(Cl)c1C=Nc1cccc([N+](=O)[O-])c1. The maximum atomic E-state index is 10.8. The summed E-state index contributed by atoms with van der Waals surface area (Å²) in [7, 11) is 0. The van der Waals surface area contributed by atoms with Crippen molar-refractivity contribution < 1.29 is 4.92 Å². The monoisotopic (exact) mass is 340 g/mol. The van der Waals surface area contributed by atoms with Crippen molar-refractivity contribution in [2.45, 2.75) is 6.92 Å². The summed E-state index contributed by atoms with van der Waals surface area (Å²) < 4.78 is 1.63. The molecule has 1 heterocycles. The molecule has 0 aliphatic heterocycles. The van der Waals surface area contributed by atoms with Crippen molar-refractivity contribution in [3.8, 4) is 5.69 Å². The molecule has 0 fully saturated rings. The molecule has 120 valence electrons. The Morgan fingerprint density at radius 2 is 1.96 bits per heavy atom. The van der Waals surface area contributed by atoms with Gasteiger partial charge in [0.05, 0.1) is 27.6 Å². The highest BCUT2D eigenvalue weighted by Gasteiger charge is 2.13. The Labute approximate surface area is 143 Å². The van der Waals surface area contributed by atoms with Crippen LogP contribution in [-0.2, 0) is 0 Å². The number of aryl methyl sites for hydroxylation is 1. The molecule has 0 saturated carbocycles. The van der Waals surface area contributed by atoms with Crippen molar-refractivity contribution in [1.82, 2.24) is 9.78 Å². The summed E-state index contributed by atoms with van der Waals surface area (Å²) in [6, 6.07) is 15.6. The van der Waals surface area contributed by atoms with E-state index in [1.165, 1.54) is 12.1 Å². The molecule has 0 spiro atoms. The van der Waals surface area contributed by atoms with E-state index >= 15 is 0 Å². The molecule has 2 aromatic carbocycles. The minimum absolute atomic E-state index is 0.00699. The van der Waals surface area contributed by atoms with E-state index in [2.05, 4.69) is 10.1 Å². The number of para-hydroxylation sites is 1. The van der Waals surface area contributed by atoms with Crippen LogP contribution in [-0.4, -0.2) is 20.9 Å². The van der Waals surface area contributed by atoms with Gasteiger partial charge in [-0.05, 0) is 25.1 Å². The van der Waals surface area contributed by atoms with E-state index in [-0.39, 0.29) is 5.69 Å². The number of nitro benzene ring substituents is 1. The van der Waals surface area contributed by atoms with E-state index < -0.39 is 4.92 Å². The lowest BCUT2D eigenvalue weighted by Gasteiger charge is -2.01. The van der Waals surface area contributed by atoms with Crippen LogP contribution in [0.2, 0.25) is 5.15 Å². The Balaban J connectivity index is 1.95. The molecule has 0 aliphatic rings. The van der Waals surface area contributed by atoms with Crippen LogP contribution >= 0.6 is 11.6 Å². The van der Waals surface area contributed by atoms with Gasteiger partial charge in [0, 0.05) is 18.3 Å². The van der Waals surface area contributed by atoms with Gasteiger partial charge >= 0.3 is 0 Å². The zero-order valence-electron chi connectivity index (χ0n) is 12.8. The molecule has 0 bridgehead atoms. The average Bonchev–Trinajstić information content (AvgIpc) is 2.88. The molecule has 0 atom stereocenters. The molecule has 3 aromatic rings. The van der Waals surface area contributed by atoms with E-state index in [0.717, 1.165) is 11.4 Å². The average molecular weight is 341 g/mol. The van der Waals surface area contributed by atoms with Gasteiger partial charge in [0.25, 0.3) is 5.69 Å². The first-order valence-corrected chi connectivity index (χ1v) is 7.53. The molecule has 0 saturated heterocycles. The van der Waals surface area contributed by atoms with Crippen LogP contribution < -0.4 is 0 Å². The Hall–Kier alpha value is -2.99. The van der Waals surface area contributed by atoms with Gasteiger partial charge in [-0.1, -0.05) is 35.9 Å². The number of halogens is 1. The summed E-state index contributed by atoms with van der Waals surface area (Å²) >= 11 is 6.41. The highest BCUT2D eigenvalue weighted by molar-refractivity contribution is 6.32. The highest BCUT2D eigenvalue weighted by atomic mass is 35.5. The lowest BCUT2D eigenvalue weighted by atomic mass is 10.2. The van der Waals surface area contributed by atoms with E-state index in [1.54, 1.807) is 23.0 Å². The molecule has 3 rings (SSSR count). The van der Waals surface area contributed by atoms with Crippen LogP contribution in [0.25, 0.3) is 5.69 Å². The number of aliphatic imine (C=N–C) groups is 1. The molecule has 1 aromatic heterocycles. The summed E-state index contributed by atoms with van der Waals surface area (Å²) in [5.74, 6) is 0. The summed E-state index contributed by atoms with van der Waals surface area (Å²) in [4.78, 5) is 14.6. The minimum atomic E-state index is -0.454. The van der Waals surface area contributed by atoms with Crippen LogP contribution in [0.1, 0.15) is 11.3 Å². The molecule has 6 nitrogen and oxygen atoms in total. The first-order valence-electron chi connectivity index (χ1n) is 7.15. The second-order valence-electron chi connectivity index (χ2n) is 5.07. The maximum absolute atomic E-state index is 10.8. The maximum Gasteiger partial charge on any atom is 0.271 e. The number of non-ortho nitro benzene ring substituents is 1. The molecule has 0 amide bonds. The fraction of sp³-hybridized carbons (Fsp3) is 0.0588. The predicted octanol–water partition coefficient (Wildman–Crippen LogP) is 4.49. The number of hydrogen-bond acceptors (Lipinski definition) is 4. The molecular weight excluding hydrogens is 328 g/mol. The normalized spacial score (nSPS) is 11.1. The van der Waals surface area contributed by atoms with Gasteiger partial charge in [0.1, 0.15) is 5.15 Å². The largest absolute Gasteiger partial charge is 0.271 e. The van der Waals surface area contributed by atoms with E-state index in [4.69, 9.17) is 11.6 Å². The van der Waals surface area contributed by atoms with Gasteiger partial charge in [-0.25, -0.2) is 4.68 Å². The third-order valence-electron chi connectivity index (χ3n) is 3.43. The molecular formula is C17H13ClN4O2. The zero-order valence-corrected chi connectivity index (χ0v) is 13.5. The molecule has 0 unspecified atom stereocenters. The van der Waals surface area contributed by atoms with Gasteiger partial charge in [-0.3, -0.25) is 15.1 Å². The Bertz CT molecular complexity index is 920. The van der Waals surface area contributed by atoms with Crippen LogP contribution in [0, 0.1) is 17.0 Å². The molecule has 7 heteroatoms. The quantitative estimate of drug-likeness (QED) is 0.399. The number of nitrogens with zero attached hydrogens (tertiary/aromatic N) is 4. The fourth-order valence-electron chi connectivity index (χ4n) is 2.22. The number of rotatable bonds is 4. The second kappa shape index (κ2) is 6.64. The third-order valence-corrected chi connectivity index (χ3v) is 3.80. The Kier molecular flexibility index (Phi) is 4.39. The number of aromatic nitrogens is 2. The van der Waals surface area contributed by atoms with Crippen molar-refractivity contribution >= 4 is 29.2 Å². The molecule has 0 aliphatic carbocycles. The molecule has 0 N–H and O–H groups in total. The zero-order chi connectivity index (χ0) is 17.1. The summed E-state index contributed by atoms with van der Waals surface area (Å²) in [6.45, 7) is 1.83. The van der Waals surface area contributed by atoms with Gasteiger partial charge in [-0.2, -0.15) is 5.10 Å². The summed E-state index contributed by atoms with van der Waals surface area (Å²) in [5.41, 5.74) is 2.71. The van der Waals surface area contributed by atoms with Gasteiger partial charge in [0.2, 0.25) is 0 Å². The van der Waals surface area contributed by atoms with E-state index in [1.807, 2.05) is 37.3 Å². The Morgan fingerprint density at radius 3 is 2.67 bits per heavy atom. The highest BCUT2D eigenvalue weighted by Crippen LogP contribution is 2.24. The molecule has 0 radical (unpaired) electrons. The van der Waals surface area contributed by atoms with Crippen LogP contribution in [0.3, 0.4) is 0 Å². The van der Waals surface area contributed by atoms with Crippen molar-refractivity contribution in [1.29, 1.82) is 0 Å². The minimum Gasteiger partial charge on any atom is -0.258 e. The molecule has 24 heavy (non-hydrogen) atoms. The first-order chi connectivity index (χ1) is 11.6. The van der Waals surface area contributed by atoms with Gasteiger partial charge < -0.3 is 0 Å². The third kappa shape index (κ3) is 3.18. The fourth-order valence-corrected chi connectivity index (χ4v) is 2.55. The lowest BCUT2D eigenvalue weighted by Crippen LogP contribution is -1.96. The van der Waals surface area contributed by atoms with Crippen molar-refractivity contribution in [2.75, 3.05) is 0 Å². The van der Waals surface area contributed by atoms with Gasteiger partial charge in [-0.15, -0.1) is 0 Å². The topological polar surface area (TPSA) is 73.3 Å².